The van der Waals surface area contributed by atoms with Gasteiger partial charge in [0.15, 0.2) is 5.17 Å². The second-order valence-corrected chi connectivity index (χ2v) is 10.4. The maximum atomic E-state index is 13.3. The molecular formula is C25H26N4OS2. The minimum Gasteiger partial charge on any atom is -0.294 e. The van der Waals surface area contributed by atoms with Gasteiger partial charge in [0.1, 0.15) is 4.88 Å². The molecule has 2 aliphatic rings. The van der Waals surface area contributed by atoms with Crippen molar-refractivity contribution in [3.05, 3.63) is 87.1 Å². The van der Waals surface area contributed by atoms with Crippen LogP contribution >= 0.6 is 23.1 Å². The molecule has 1 unspecified atom stereocenters. The fraction of sp³-hybridized carbons (Fsp3) is 0.280. The molecule has 32 heavy (non-hydrogen) atoms. The van der Waals surface area contributed by atoms with E-state index in [0.717, 1.165) is 27.0 Å². The Bertz CT molecular complexity index is 1170. The summed E-state index contributed by atoms with van der Waals surface area (Å²) < 4.78 is 0. The first-order chi connectivity index (χ1) is 15.5. The zero-order chi connectivity index (χ0) is 22.2. The second kappa shape index (κ2) is 8.64. The predicted octanol–water partition coefficient (Wildman–Crippen LogP) is 5.73. The van der Waals surface area contributed by atoms with Crippen LogP contribution in [0.15, 0.2) is 65.1 Å². The van der Waals surface area contributed by atoms with E-state index in [0.29, 0.717) is 12.5 Å². The van der Waals surface area contributed by atoms with Gasteiger partial charge >= 0.3 is 0 Å². The minimum atomic E-state index is -0.311. The molecule has 0 saturated heterocycles. The van der Waals surface area contributed by atoms with Crippen LogP contribution in [-0.2, 0) is 12.3 Å². The standard InChI is InChI=1S/C25H26N4OS2/c1-16(2)20-9-7-18(8-10-20)14-28-23(30)22-21(11-12-31-22)29-24(28)26-27-25(29)32-15-19-6-4-5-17(3)13-19/h4-13,16,24,26H,14-15H2,1-3H3. The number of thioether (sulfide) groups is 1. The molecule has 0 bridgehead atoms. The number of carbonyl (C=O) groups excluding carboxylic acids is 1. The third-order valence-electron chi connectivity index (χ3n) is 5.83. The van der Waals surface area contributed by atoms with Crippen molar-refractivity contribution in [3.63, 3.8) is 0 Å². The highest BCUT2D eigenvalue weighted by atomic mass is 32.2. The normalized spacial score (nSPS) is 17.3. The fourth-order valence-electron chi connectivity index (χ4n) is 4.08. The van der Waals surface area contributed by atoms with Crippen molar-refractivity contribution >= 4 is 39.9 Å². The van der Waals surface area contributed by atoms with Gasteiger partial charge in [-0.15, -0.1) is 11.3 Å². The summed E-state index contributed by atoms with van der Waals surface area (Å²) in [7, 11) is 0. The van der Waals surface area contributed by atoms with Crippen LogP contribution in [0.25, 0.3) is 0 Å². The summed E-state index contributed by atoms with van der Waals surface area (Å²) in [6.45, 7) is 7.02. The molecule has 5 rings (SSSR count). The van der Waals surface area contributed by atoms with E-state index in [-0.39, 0.29) is 12.2 Å². The number of carbonyl (C=O) groups is 1. The SMILES string of the molecule is Cc1cccc(CSC2=NNC3N(Cc4ccc(C(C)C)cc4)C(=O)c4sccc4N23)c1. The molecule has 7 heteroatoms. The van der Waals surface area contributed by atoms with Gasteiger partial charge in [-0.1, -0.05) is 79.7 Å². The molecule has 1 amide bonds. The lowest BCUT2D eigenvalue weighted by molar-refractivity contribution is 0.0629. The lowest BCUT2D eigenvalue weighted by Gasteiger charge is -2.39. The molecule has 2 aromatic carbocycles. The Morgan fingerprint density at radius 3 is 2.69 bits per heavy atom. The molecule has 1 aromatic heterocycles. The zero-order valence-electron chi connectivity index (χ0n) is 18.4. The third-order valence-corrected chi connectivity index (χ3v) is 7.75. The molecule has 5 nitrogen and oxygen atoms in total. The highest BCUT2D eigenvalue weighted by Gasteiger charge is 2.43. The van der Waals surface area contributed by atoms with Gasteiger partial charge in [0.05, 0.1) is 5.69 Å². The highest BCUT2D eigenvalue weighted by molar-refractivity contribution is 8.13. The van der Waals surface area contributed by atoms with Crippen LogP contribution < -0.4 is 10.3 Å². The quantitative estimate of drug-likeness (QED) is 0.526. The number of fused-ring (bicyclic) bond motifs is 3. The van der Waals surface area contributed by atoms with Crippen molar-refractivity contribution < 1.29 is 4.79 Å². The van der Waals surface area contributed by atoms with Gasteiger partial charge in [-0.2, -0.15) is 5.10 Å². The number of benzene rings is 2. The Balaban J connectivity index is 1.38. The van der Waals surface area contributed by atoms with Gasteiger partial charge in [-0.05, 0) is 41.0 Å². The predicted molar refractivity (Wildman–Crippen MR) is 134 cm³/mol. The first-order valence-electron chi connectivity index (χ1n) is 10.8. The summed E-state index contributed by atoms with van der Waals surface area (Å²) in [5, 5.41) is 7.51. The average molecular weight is 463 g/mol. The van der Waals surface area contributed by atoms with E-state index in [9.17, 15) is 4.79 Å². The van der Waals surface area contributed by atoms with Crippen molar-refractivity contribution in [1.29, 1.82) is 0 Å². The Labute approximate surface area is 197 Å². The summed E-state index contributed by atoms with van der Waals surface area (Å²) in [6.07, 6.45) is -0.311. The van der Waals surface area contributed by atoms with Gasteiger partial charge < -0.3 is 0 Å². The number of amidine groups is 1. The highest BCUT2D eigenvalue weighted by Crippen LogP contribution is 2.39. The first-order valence-corrected chi connectivity index (χ1v) is 12.7. The molecule has 2 aliphatic heterocycles. The van der Waals surface area contributed by atoms with Crippen LogP contribution in [0.3, 0.4) is 0 Å². The van der Waals surface area contributed by atoms with Crippen LogP contribution in [0.5, 0.6) is 0 Å². The van der Waals surface area contributed by atoms with Crippen LogP contribution in [0, 0.1) is 6.92 Å². The number of hydrogen-bond acceptors (Lipinski definition) is 6. The van der Waals surface area contributed by atoms with E-state index in [1.807, 2.05) is 16.3 Å². The smallest absolute Gasteiger partial charge is 0.269 e. The van der Waals surface area contributed by atoms with Crippen LogP contribution in [0.2, 0.25) is 0 Å². The molecule has 0 spiro atoms. The van der Waals surface area contributed by atoms with E-state index >= 15 is 0 Å². The Hall–Kier alpha value is -2.77. The molecule has 3 aromatic rings. The number of nitrogens with zero attached hydrogens (tertiary/aromatic N) is 3. The summed E-state index contributed by atoms with van der Waals surface area (Å²) in [6, 6.07) is 19.1. The molecule has 1 N–H and O–H groups in total. The van der Waals surface area contributed by atoms with E-state index in [4.69, 9.17) is 0 Å². The molecule has 0 radical (unpaired) electrons. The largest absolute Gasteiger partial charge is 0.294 e. The molecular weight excluding hydrogens is 436 g/mol. The molecule has 1 atom stereocenters. The number of thiophene rings is 1. The molecule has 164 valence electrons. The van der Waals surface area contributed by atoms with Gasteiger partial charge in [0.25, 0.3) is 5.91 Å². The zero-order valence-corrected chi connectivity index (χ0v) is 20.0. The van der Waals surface area contributed by atoms with Gasteiger partial charge in [-0.25, -0.2) is 0 Å². The van der Waals surface area contributed by atoms with E-state index in [1.54, 1.807) is 11.8 Å². The maximum absolute atomic E-state index is 13.3. The summed E-state index contributed by atoms with van der Waals surface area (Å²) in [5.74, 6) is 1.37. The summed E-state index contributed by atoms with van der Waals surface area (Å²) >= 11 is 3.19. The monoisotopic (exact) mass is 462 g/mol. The number of amides is 1. The van der Waals surface area contributed by atoms with Crippen molar-refractivity contribution in [2.24, 2.45) is 5.10 Å². The lowest BCUT2D eigenvalue weighted by atomic mass is 10.0. The topological polar surface area (TPSA) is 47.9 Å². The number of anilines is 1. The number of rotatable bonds is 5. The van der Waals surface area contributed by atoms with Gasteiger partial charge in [-0.3, -0.25) is 20.0 Å². The molecule has 3 heterocycles. The Morgan fingerprint density at radius 2 is 1.94 bits per heavy atom. The number of nitrogens with one attached hydrogen (secondary N) is 1. The van der Waals surface area contributed by atoms with Crippen molar-refractivity contribution in [2.75, 3.05) is 4.90 Å². The van der Waals surface area contributed by atoms with Crippen molar-refractivity contribution in [1.82, 2.24) is 10.3 Å². The number of hydrogen-bond donors (Lipinski definition) is 1. The van der Waals surface area contributed by atoms with Crippen LogP contribution in [0.4, 0.5) is 5.69 Å². The van der Waals surface area contributed by atoms with Crippen molar-refractivity contribution in [2.45, 2.75) is 45.3 Å². The van der Waals surface area contributed by atoms with E-state index < -0.39 is 0 Å². The summed E-state index contributed by atoms with van der Waals surface area (Å²) in [4.78, 5) is 18.2. The molecule has 0 saturated carbocycles. The van der Waals surface area contributed by atoms with E-state index in [2.05, 4.69) is 84.7 Å². The van der Waals surface area contributed by atoms with Crippen molar-refractivity contribution in [3.8, 4) is 0 Å². The maximum Gasteiger partial charge on any atom is 0.269 e. The van der Waals surface area contributed by atoms with E-state index in [1.165, 1.54) is 28.0 Å². The lowest BCUT2D eigenvalue weighted by Crippen LogP contribution is -2.57. The minimum absolute atomic E-state index is 0.0526. The third kappa shape index (κ3) is 3.91. The number of aryl methyl sites for hydroxylation is 1. The average Bonchev–Trinajstić information content (AvgIpc) is 3.43. The van der Waals surface area contributed by atoms with Crippen LogP contribution in [-0.4, -0.2) is 22.3 Å². The van der Waals surface area contributed by atoms with Gasteiger partial charge in [0.2, 0.25) is 6.29 Å². The molecule has 0 fully saturated rings. The second-order valence-electron chi connectivity index (χ2n) is 8.51. The number of hydrazone groups is 1. The first kappa shape index (κ1) is 21.1. The Kier molecular flexibility index (Phi) is 5.69. The fourth-order valence-corrected chi connectivity index (χ4v) is 5.85. The Morgan fingerprint density at radius 1 is 1.12 bits per heavy atom. The summed E-state index contributed by atoms with van der Waals surface area (Å²) in [5.41, 5.74) is 9.10. The van der Waals surface area contributed by atoms with Gasteiger partial charge in [0, 0.05) is 12.3 Å². The van der Waals surface area contributed by atoms with Crippen LogP contribution in [0.1, 0.15) is 51.7 Å². The molecule has 0 aliphatic carbocycles.